The van der Waals surface area contributed by atoms with E-state index in [2.05, 4.69) is 26.8 Å². The highest BCUT2D eigenvalue weighted by atomic mass is 16.5. The van der Waals surface area contributed by atoms with Crippen LogP contribution in [-0.2, 0) is 9.53 Å². The lowest BCUT2D eigenvalue weighted by molar-refractivity contribution is -0.117. The van der Waals surface area contributed by atoms with Gasteiger partial charge in [0.05, 0.1) is 5.56 Å². The summed E-state index contributed by atoms with van der Waals surface area (Å²) < 4.78 is 5.98. The van der Waals surface area contributed by atoms with E-state index < -0.39 is 0 Å². The van der Waals surface area contributed by atoms with Crippen molar-refractivity contribution in [3.8, 4) is 0 Å². The number of ether oxygens (including phenoxy) is 1. The van der Waals surface area contributed by atoms with E-state index in [-0.39, 0.29) is 17.5 Å². The van der Waals surface area contributed by atoms with E-state index >= 15 is 0 Å². The Morgan fingerprint density at radius 1 is 1.03 bits per heavy atom. The van der Waals surface area contributed by atoms with Crippen LogP contribution < -0.4 is 0 Å². The van der Waals surface area contributed by atoms with Crippen LogP contribution in [0.4, 0.5) is 0 Å². The summed E-state index contributed by atoms with van der Waals surface area (Å²) in [5.41, 5.74) is 2.95. The molecule has 0 radical (unpaired) electrons. The van der Waals surface area contributed by atoms with Gasteiger partial charge in [-0.15, -0.1) is 0 Å². The van der Waals surface area contributed by atoms with Gasteiger partial charge in [0.2, 0.25) is 0 Å². The molecular weight excluding hydrogens is 444 g/mol. The second kappa shape index (κ2) is 10.1. The quantitative estimate of drug-likeness (QED) is 0.286. The number of allylic oxidation sites excluding steroid dienone is 1. The number of benzene rings is 1. The fourth-order valence-corrected chi connectivity index (χ4v) is 9.37. The van der Waals surface area contributed by atoms with Crippen molar-refractivity contribution in [3.63, 3.8) is 0 Å². The average Bonchev–Trinajstić information content (AvgIpc) is 3.22. The molecule has 0 spiro atoms. The second-order valence-corrected chi connectivity index (χ2v) is 13.2. The summed E-state index contributed by atoms with van der Waals surface area (Å²) in [6, 6.07) is 9.42. The summed E-state index contributed by atoms with van der Waals surface area (Å²) >= 11 is 0. The molecule has 0 aromatic heterocycles. The van der Waals surface area contributed by atoms with Crippen LogP contribution in [0.15, 0.2) is 42.0 Å². The summed E-state index contributed by atoms with van der Waals surface area (Å²) in [6.07, 6.45) is 15.3. The first-order chi connectivity index (χ1) is 17.2. The van der Waals surface area contributed by atoms with Crippen molar-refractivity contribution in [2.24, 2.45) is 40.4 Å². The predicted molar refractivity (Wildman–Crippen MR) is 145 cm³/mol. The van der Waals surface area contributed by atoms with Gasteiger partial charge in [-0.3, -0.25) is 0 Å². The van der Waals surface area contributed by atoms with E-state index in [9.17, 15) is 9.59 Å². The van der Waals surface area contributed by atoms with E-state index in [0.717, 1.165) is 61.7 Å². The lowest BCUT2D eigenvalue weighted by atomic mass is 9.47. The van der Waals surface area contributed by atoms with Crippen LogP contribution >= 0.6 is 0 Å². The molecule has 0 N–H and O–H groups in total. The number of Topliss-reactive ketones (excluding diaryl/α,β-unsaturated/α-hetero) is 1. The SMILES string of the molecule is CC(=O)CCC[C@H](C)[C@H]1CC[C@H]2[C@@H]3CC=C4C[C@H](OC(=O)c5ccccc5)CC[C@]4(C)[C@H]3CC[C@]12C. The number of fused-ring (bicyclic) bond motifs is 5. The number of esters is 1. The standard InChI is InChI=1S/C33H46O3/c1-22(9-8-10-23(2)34)28-15-16-29-27-14-13-25-21-26(36-31(35)24-11-6-5-7-12-24)17-19-32(25,3)30(27)18-20-33(28,29)4/h5-7,11-13,22,26-30H,8-10,14-21H2,1-4H3/t22-,26+,27-,28+,29-,30-,32-,33+/m0/s1. The molecular formula is C33H46O3. The lowest BCUT2D eigenvalue weighted by Crippen LogP contribution is -2.51. The number of carbonyl (C=O) groups is 2. The Morgan fingerprint density at radius 2 is 1.81 bits per heavy atom. The summed E-state index contributed by atoms with van der Waals surface area (Å²) in [5.74, 6) is 4.09. The third kappa shape index (κ3) is 4.61. The minimum atomic E-state index is -0.179. The fraction of sp³-hybridized carbons (Fsp3) is 0.697. The van der Waals surface area contributed by atoms with Gasteiger partial charge >= 0.3 is 5.97 Å². The Balaban J connectivity index is 1.26. The first-order valence-corrected chi connectivity index (χ1v) is 14.7. The maximum Gasteiger partial charge on any atom is 0.338 e. The van der Waals surface area contributed by atoms with Crippen molar-refractivity contribution in [3.05, 3.63) is 47.5 Å². The molecule has 4 aliphatic rings. The molecule has 3 fully saturated rings. The molecule has 5 rings (SSSR count). The summed E-state index contributed by atoms with van der Waals surface area (Å²) in [7, 11) is 0. The summed E-state index contributed by atoms with van der Waals surface area (Å²) in [4.78, 5) is 24.1. The number of ketones is 1. The van der Waals surface area contributed by atoms with Crippen LogP contribution in [0.2, 0.25) is 0 Å². The van der Waals surface area contributed by atoms with Crippen LogP contribution in [-0.4, -0.2) is 17.9 Å². The van der Waals surface area contributed by atoms with E-state index in [1.807, 2.05) is 30.3 Å². The first kappa shape index (κ1) is 25.7. The largest absolute Gasteiger partial charge is 0.458 e. The Bertz CT molecular complexity index is 995. The highest BCUT2D eigenvalue weighted by Gasteiger charge is 2.59. The van der Waals surface area contributed by atoms with E-state index in [0.29, 0.717) is 16.8 Å². The average molecular weight is 491 g/mol. The van der Waals surface area contributed by atoms with Crippen LogP contribution in [0.1, 0.15) is 109 Å². The van der Waals surface area contributed by atoms with E-state index in [1.165, 1.54) is 38.5 Å². The van der Waals surface area contributed by atoms with Gasteiger partial charge in [-0.1, -0.05) is 57.0 Å². The number of carbonyl (C=O) groups excluding carboxylic acids is 2. The molecule has 8 atom stereocenters. The number of rotatable bonds is 7. The molecule has 4 aliphatic carbocycles. The fourth-order valence-electron chi connectivity index (χ4n) is 9.37. The Kier molecular flexibility index (Phi) is 7.22. The zero-order valence-electron chi connectivity index (χ0n) is 22.9. The molecule has 0 aliphatic heterocycles. The third-order valence-electron chi connectivity index (χ3n) is 11.3. The Labute approximate surface area is 218 Å². The predicted octanol–water partition coefficient (Wildman–Crippen LogP) is 8.19. The summed E-state index contributed by atoms with van der Waals surface area (Å²) in [5, 5.41) is 0. The van der Waals surface area contributed by atoms with Crippen molar-refractivity contribution in [1.82, 2.24) is 0 Å². The van der Waals surface area contributed by atoms with Gasteiger partial charge in [-0.2, -0.15) is 0 Å². The third-order valence-corrected chi connectivity index (χ3v) is 11.3. The van der Waals surface area contributed by atoms with Crippen molar-refractivity contribution in [2.75, 3.05) is 0 Å². The summed E-state index contributed by atoms with van der Waals surface area (Å²) in [6.45, 7) is 9.34. The second-order valence-electron chi connectivity index (χ2n) is 13.2. The molecule has 3 heteroatoms. The van der Waals surface area contributed by atoms with Gasteiger partial charge in [0.25, 0.3) is 0 Å². The van der Waals surface area contributed by atoms with E-state index in [4.69, 9.17) is 4.74 Å². The van der Waals surface area contributed by atoms with Crippen LogP contribution in [0.25, 0.3) is 0 Å². The molecule has 196 valence electrons. The number of hydrogen-bond acceptors (Lipinski definition) is 3. The molecule has 3 nitrogen and oxygen atoms in total. The molecule has 0 saturated heterocycles. The highest BCUT2D eigenvalue weighted by molar-refractivity contribution is 5.89. The molecule has 1 aromatic carbocycles. The van der Waals surface area contributed by atoms with Crippen LogP contribution in [0, 0.1) is 40.4 Å². The van der Waals surface area contributed by atoms with Gasteiger partial charge in [0, 0.05) is 12.8 Å². The maximum atomic E-state index is 12.7. The van der Waals surface area contributed by atoms with Gasteiger partial charge in [0.1, 0.15) is 11.9 Å². The number of hydrogen-bond donors (Lipinski definition) is 0. The zero-order valence-corrected chi connectivity index (χ0v) is 22.9. The molecule has 36 heavy (non-hydrogen) atoms. The zero-order chi connectivity index (χ0) is 25.5. The van der Waals surface area contributed by atoms with Crippen LogP contribution in [0.5, 0.6) is 0 Å². The molecule has 0 bridgehead atoms. The normalized spacial score (nSPS) is 38.2. The molecule has 3 saturated carbocycles. The maximum absolute atomic E-state index is 12.7. The van der Waals surface area contributed by atoms with Crippen molar-refractivity contribution < 1.29 is 14.3 Å². The van der Waals surface area contributed by atoms with Crippen molar-refractivity contribution >= 4 is 11.8 Å². The smallest absolute Gasteiger partial charge is 0.338 e. The van der Waals surface area contributed by atoms with E-state index in [1.54, 1.807) is 12.5 Å². The lowest BCUT2D eigenvalue weighted by Gasteiger charge is -2.58. The molecule has 0 unspecified atom stereocenters. The van der Waals surface area contributed by atoms with Crippen molar-refractivity contribution in [2.45, 2.75) is 104 Å². The molecule has 0 heterocycles. The Morgan fingerprint density at radius 3 is 2.56 bits per heavy atom. The monoisotopic (exact) mass is 490 g/mol. The van der Waals surface area contributed by atoms with Gasteiger partial charge < -0.3 is 9.53 Å². The van der Waals surface area contributed by atoms with Crippen molar-refractivity contribution in [1.29, 1.82) is 0 Å². The highest BCUT2D eigenvalue weighted by Crippen LogP contribution is 2.67. The first-order valence-electron chi connectivity index (χ1n) is 14.7. The minimum Gasteiger partial charge on any atom is -0.458 e. The Hall–Kier alpha value is -1.90. The molecule has 0 amide bonds. The molecule has 1 aromatic rings. The van der Waals surface area contributed by atoms with Gasteiger partial charge in [-0.25, -0.2) is 4.79 Å². The van der Waals surface area contributed by atoms with Crippen LogP contribution in [0.3, 0.4) is 0 Å². The van der Waals surface area contributed by atoms with Gasteiger partial charge in [0.15, 0.2) is 0 Å². The topological polar surface area (TPSA) is 43.4 Å². The minimum absolute atomic E-state index is 0.00847. The van der Waals surface area contributed by atoms with Gasteiger partial charge in [-0.05, 0) is 111 Å².